The highest BCUT2D eigenvalue weighted by molar-refractivity contribution is 5.97. The van der Waals surface area contributed by atoms with E-state index in [4.69, 9.17) is 5.53 Å². The first-order valence-electron chi connectivity index (χ1n) is 5.81. The van der Waals surface area contributed by atoms with Crippen LogP contribution in [0, 0.1) is 6.92 Å². The maximum Gasteiger partial charge on any atom is 0.197 e. The van der Waals surface area contributed by atoms with Gasteiger partial charge in [-0.1, -0.05) is 28.9 Å². The Morgan fingerprint density at radius 1 is 1.21 bits per heavy atom. The summed E-state index contributed by atoms with van der Waals surface area (Å²) in [7, 11) is 0. The van der Waals surface area contributed by atoms with Crippen molar-refractivity contribution in [3.63, 3.8) is 0 Å². The van der Waals surface area contributed by atoms with Crippen LogP contribution in [0.3, 0.4) is 0 Å². The SMILES string of the molecule is Cc1ccc2[nH]c3c(N=[N+]=[N-])cccc3c(=O)c2c1. The molecule has 0 aliphatic rings. The van der Waals surface area contributed by atoms with E-state index in [0.29, 0.717) is 22.0 Å². The number of fused-ring (bicyclic) bond motifs is 2. The molecule has 0 unspecified atom stereocenters. The van der Waals surface area contributed by atoms with Crippen LogP contribution in [0.15, 0.2) is 46.3 Å². The maximum atomic E-state index is 12.4. The molecule has 0 amide bonds. The second-order valence-corrected chi connectivity index (χ2v) is 4.39. The Balaban J connectivity index is 2.57. The fourth-order valence-corrected chi connectivity index (χ4v) is 2.23. The van der Waals surface area contributed by atoms with Crippen LogP contribution in [0.4, 0.5) is 5.69 Å². The van der Waals surface area contributed by atoms with Gasteiger partial charge in [-0.05, 0) is 30.7 Å². The molecule has 0 saturated heterocycles. The number of nitrogens with one attached hydrogen (secondary N) is 1. The minimum atomic E-state index is -0.0533. The number of pyridine rings is 1. The molecule has 5 heteroatoms. The second-order valence-electron chi connectivity index (χ2n) is 4.39. The van der Waals surface area contributed by atoms with Crippen molar-refractivity contribution in [2.24, 2.45) is 5.11 Å². The minimum Gasteiger partial charge on any atom is -0.354 e. The first-order valence-corrected chi connectivity index (χ1v) is 5.81. The van der Waals surface area contributed by atoms with Crippen LogP contribution in [0.25, 0.3) is 32.2 Å². The molecule has 92 valence electrons. The largest absolute Gasteiger partial charge is 0.354 e. The number of hydrogen-bond acceptors (Lipinski definition) is 2. The summed E-state index contributed by atoms with van der Waals surface area (Å²) in [6.45, 7) is 1.94. The number of hydrogen-bond donors (Lipinski definition) is 1. The number of benzene rings is 2. The van der Waals surface area contributed by atoms with E-state index in [-0.39, 0.29) is 5.43 Å². The standard InChI is InChI=1S/C14H10N4O/c1-8-5-6-11-10(7-8)14(19)9-3-2-4-12(17-18-15)13(9)16-11/h2-7H,1H3,(H,16,19). The zero-order valence-electron chi connectivity index (χ0n) is 10.2. The van der Waals surface area contributed by atoms with Gasteiger partial charge in [0.1, 0.15) is 0 Å². The summed E-state index contributed by atoms with van der Waals surface area (Å²) in [4.78, 5) is 18.4. The number of aromatic nitrogens is 1. The summed E-state index contributed by atoms with van der Waals surface area (Å²) in [6.07, 6.45) is 0. The van der Waals surface area contributed by atoms with Gasteiger partial charge in [-0.3, -0.25) is 4.79 Å². The Morgan fingerprint density at radius 2 is 2.05 bits per heavy atom. The van der Waals surface area contributed by atoms with Crippen molar-refractivity contribution < 1.29 is 0 Å². The fourth-order valence-electron chi connectivity index (χ4n) is 2.23. The molecule has 3 aromatic rings. The predicted octanol–water partition coefficient (Wildman–Crippen LogP) is 3.93. The van der Waals surface area contributed by atoms with Crippen molar-refractivity contribution in [3.8, 4) is 0 Å². The number of azide groups is 1. The third-order valence-corrected chi connectivity index (χ3v) is 3.12. The van der Waals surface area contributed by atoms with Crippen molar-refractivity contribution >= 4 is 27.5 Å². The third kappa shape index (κ3) is 1.73. The Hall–Kier alpha value is -2.78. The Bertz CT molecular complexity index is 904. The molecule has 0 aliphatic heterocycles. The van der Waals surface area contributed by atoms with Gasteiger partial charge in [-0.15, -0.1) is 0 Å². The monoisotopic (exact) mass is 250 g/mol. The molecule has 3 rings (SSSR count). The van der Waals surface area contributed by atoms with E-state index in [1.165, 1.54) is 0 Å². The topological polar surface area (TPSA) is 81.6 Å². The van der Waals surface area contributed by atoms with Gasteiger partial charge in [0.15, 0.2) is 5.43 Å². The highest BCUT2D eigenvalue weighted by Gasteiger charge is 2.07. The summed E-state index contributed by atoms with van der Waals surface area (Å²) in [5.41, 5.74) is 11.3. The lowest BCUT2D eigenvalue weighted by molar-refractivity contribution is 1.41. The number of rotatable bonds is 1. The lowest BCUT2D eigenvalue weighted by Crippen LogP contribution is -2.04. The van der Waals surface area contributed by atoms with Gasteiger partial charge in [0.25, 0.3) is 0 Å². The van der Waals surface area contributed by atoms with Gasteiger partial charge < -0.3 is 4.98 Å². The minimum absolute atomic E-state index is 0.0533. The Morgan fingerprint density at radius 3 is 2.84 bits per heavy atom. The van der Waals surface area contributed by atoms with Crippen molar-refractivity contribution in [2.45, 2.75) is 6.92 Å². The van der Waals surface area contributed by atoms with Crippen molar-refractivity contribution in [1.29, 1.82) is 0 Å². The molecule has 19 heavy (non-hydrogen) atoms. The highest BCUT2D eigenvalue weighted by atomic mass is 16.1. The normalized spacial score (nSPS) is 10.6. The van der Waals surface area contributed by atoms with E-state index >= 15 is 0 Å². The first-order chi connectivity index (χ1) is 9.20. The maximum absolute atomic E-state index is 12.4. The average molecular weight is 250 g/mol. The van der Waals surface area contributed by atoms with Crippen LogP contribution in [0.5, 0.6) is 0 Å². The van der Waals surface area contributed by atoms with Crippen LogP contribution < -0.4 is 5.43 Å². The van der Waals surface area contributed by atoms with Gasteiger partial charge in [-0.2, -0.15) is 0 Å². The molecule has 5 nitrogen and oxygen atoms in total. The first kappa shape index (κ1) is 11.3. The molecule has 2 aromatic carbocycles. The number of aryl methyl sites for hydroxylation is 1. The number of nitrogens with zero attached hydrogens (tertiary/aromatic N) is 3. The van der Waals surface area contributed by atoms with E-state index in [1.807, 2.05) is 25.1 Å². The van der Waals surface area contributed by atoms with Crippen LogP contribution in [-0.4, -0.2) is 4.98 Å². The lowest BCUT2D eigenvalue weighted by Gasteiger charge is -2.05. The molecule has 0 fully saturated rings. The molecule has 1 N–H and O–H groups in total. The average Bonchev–Trinajstić information content (AvgIpc) is 2.41. The number of aromatic amines is 1. The quantitative estimate of drug-likeness (QED) is 0.302. The number of H-pyrrole nitrogens is 1. The summed E-state index contributed by atoms with van der Waals surface area (Å²) >= 11 is 0. The van der Waals surface area contributed by atoms with Crippen LogP contribution in [0.2, 0.25) is 0 Å². The molecule has 0 atom stereocenters. The zero-order valence-corrected chi connectivity index (χ0v) is 10.2. The molecule has 1 heterocycles. The van der Waals surface area contributed by atoms with Gasteiger partial charge in [0.2, 0.25) is 0 Å². The van der Waals surface area contributed by atoms with E-state index in [1.54, 1.807) is 18.2 Å². The van der Waals surface area contributed by atoms with Gasteiger partial charge in [0, 0.05) is 21.2 Å². The van der Waals surface area contributed by atoms with Gasteiger partial charge in [-0.25, -0.2) is 0 Å². The molecule has 1 aromatic heterocycles. The van der Waals surface area contributed by atoms with Crippen LogP contribution in [0.1, 0.15) is 5.56 Å². The van der Waals surface area contributed by atoms with E-state index in [0.717, 1.165) is 11.1 Å². The summed E-state index contributed by atoms with van der Waals surface area (Å²) in [5, 5.41) is 4.79. The van der Waals surface area contributed by atoms with Gasteiger partial charge in [0.05, 0.1) is 11.2 Å². The Labute approximate surface area is 108 Å². The van der Waals surface area contributed by atoms with E-state index in [9.17, 15) is 4.79 Å². The predicted molar refractivity (Wildman–Crippen MR) is 75.6 cm³/mol. The second kappa shape index (κ2) is 4.15. The molecule has 0 aliphatic carbocycles. The molecule has 0 bridgehead atoms. The smallest absolute Gasteiger partial charge is 0.197 e. The molecular formula is C14H10N4O. The van der Waals surface area contributed by atoms with Crippen molar-refractivity contribution in [2.75, 3.05) is 0 Å². The molecule has 0 spiro atoms. The molecule has 0 saturated carbocycles. The molecule has 0 radical (unpaired) electrons. The van der Waals surface area contributed by atoms with Crippen molar-refractivity contribution in [3.05, 3.63) is 62.6 Å². The van der Waals surface area contributed by atoms with E-state index in [2.05, 4.69) is 15.0 Å². The van der Waals surface area contributed by atoms with Crippen molar-refractivity contribution in [1.82, 2.24) is 4.98 Å². The summed E-state index contributed by atoms with van der Waals surface area (Å²) in [6, 6.07) is 10.8. The zero-order chi connectivity index (χ0) is 13.4. The lowest BCUT2D eigenvalue weighted by atomic mass is 10.1. The summed E-state index contributed by atoms with van der Waals surface area (Å²) < 4.78 is 0. The van der Waals surface area contributed by atoms with Gasteiger partial charge >= 0.3 is 0 Å². The molecular weight excluding hydrogens is 240 g/mol. The highest BCUT2D eigenvalue weighted by Crippen LogP contribution is 2.24. The van der Waals surface area contributed by atoms with E-state index < -0.39 is 0 Å². The summed E-state index contributed by atoms with van der Waals surface area (Å²) in [5.74, 6) is 0. The number of para-hydroxylation sites is 1. The third-order valence-electron chi connectivity index (χ3n) is 3.12. The Kier molecular flexibility index (Phi) is 2.47. The van der Waals surface area contributed by atoms with Crippen LogP contribution in [-0.2, 0) is 0 Å². The fraction of sp³-hybridized carbons (Fsp3) is 0.0714. The van der Waals surface area contributed by atoms with Crippen LogP contribution >= 0.6 is 0 Å².